The first-order chi connectivity index (χ1) is 11.0. The molecule has 2 aromatic rings. The van der Waals surface area contributed by atoms with Crippen molar-refractivity contribution in [3.05, 3.63) is 40.9 Å². The van der Waals surface area contributed by atoms with E-state index in [-0.39, 0.29) is 12.3 Å². The largest absolute Gasteiger partial charge is 0.465 e. The number of aromatic nitrogens is 1. The molecule has 0 N–H and O–H groups in total. The molecule has 0 aromatic carbocycles. The van der Waals surface area contributed by atoms with Gasteiger partial charge >= 0.3 is 11.9 Å². The van der Waals surface area contributed by atoms with Crippen molar-refractivity contribution < 1.29 is 23.5 Å². The number of ether oxygens (including phenoxy) is 2. The van der Waals surface area contributed by atoms with Crippen molar-refractivity contribution >= 4 is 27.9 Å². The van der Waals surface area contributed by atoms with E-state index in [1.807, 2.05) is 0 Å². The summed E-state index contributed by atoms with van der Waals surface area (Å²) < 4.78 is 15.3. The van der Waals surface area contributed by atoms with Crippen LogP contribution in [0.5, 0.6) is 0 Å². The number of furan rings is 1. The van der Waals surface area contributed by atoms with Gasteiger partial charge in [-0.05, 0) is 32.0 Å². The van der Waals surface area contributed by atoms with Gasteiger partial charge in [0.05, 0.1) is 19.4 Å². The topological polar surface area (TPSA) is 78.6 Å². The molecule has 0 aliphatic rings. The van der Waals surface area contributed by atoms with Crippen LogP contribution in [-0.4, -0.2) is 30.6 Å². The molecule has 0 saturated carbocycles. The van der Waals surface area contributed by atoms with Crippen LogP contribution in [0, 0.1) is 6.92 Å². The first-order valence-corrected chi connectivity index (χ1v) is 8.05. The minimum absolute atomic E-state index is 0.187. The van der Waals surface area contributed by atoms with E-state index in [1.165, 1.54) is 7.11 Å². The second kappa shape index (κ2) is 7.41. The van der Waals surface area contributed by atoms with Gasteiger partial charge in [0, 0.05) is 10.9 Å². The van der Waals surface area contributed by atoms with E-state index in [4.69, 9.17) is 13.9 Å². The lowest BCUT2D eigenvalue weighted by Gasteiger charge is -2.05. The number of nitrogens with zero attached hydrogens (tertiary/aromatic N) is 1. The Labute approximate surface area is 141 Å². The zero-order valence-electron chi connectivity index (χ0n) is 13.0. The molecular weight excluding hydrogens is 366 g/mol. The van der Waals surface area contributed by atoms with Gasteiger partial charge < -0.3 is 13.9 Å². The van der Waals surface area contributed by atoms with E-state index in [0.717, 1.165) is 0 Å². The van der Waals surface area contributed by atoms with Crippen LogP contribution in [0.4, 0.5) is 0 Å². The molecule has 2 aromatic heterocycles. The summed E-state index contributed by atoms with van der Waals surface area (Å²) in [4.78, 5) is 27.8. The molecule has 0 atom stereocenters. The van der Waals surface area contributed by atoms with E-state index in [2.05, 4.69) is 20.9 Å². The van der Waals surface area contributed by atoms with Crippen molar-refractivity contribution in [3.8, 4) is 11.3 Å². The minimum Gasteiger partial charge on any atom is -0.465 e. The van der Waals surface area contributed by atoms with Crippen LogP contribution in [0.1, 0.15) is 39.2 Å². The molecule has 0 fully saturated rings. The smallest absolute Gasteiger partial charge is 0.356 e. The summed E-state index contributed by atoms with van der Waals surface area (Å²) in [5.41, 5.74) is 1.82. The Kier molecular flexibility index (Phi) is 5.54. The number of carbonyl (C=O) groups excluding carboxylic acids is 2. The summed E-state index contributed by atoms with van der Waals surface area (Å²) in [7, 11) is 1.31. The lowest BCUT2D eigenvalue weighted by Crippen LogP contribution is -2.08. The molecule has 6 nitrogen and oxygen atoms in total. The molecule has 0 spiro atoms. The van der Waals surface area contributed by atoms with Gasteiger partial charge in [0.2, 0.25) is 0 Å². The molecule has 2 rings (SSSR count). The van der Waals surface area contributed by atoms with Gasteiger partial charge in [0.15, 0.2) is 0 Å². The summed E-state index contributed by atoms with van der Waals surface area (Å²) in [5.74, 6) is -0.0781. The molecule has 122 valence electrons. The second-order valence-corrected chi connectivity index (χ2v) is 5.22. The Morgan fingerprint density at radius 3 is 2.61 bits per heavy atom. The first-order valence-electron chi connectivity index (χ1n) is 6.93. The normalized spacial score (nSPS) is 10.4. The third kappa shape index (κ3) is 3.79. The van der Waals surface area contributed by atoms with E-state index in [1.54, 1.807) is 32.0 Å². The number of carbonyl (C=O) groups is 2. The zero-order chi connectivity index (χ0) is 17.0. The average Bonchev–Trinajstić information content (AvgIpc) is 2.95. The number of halogens is 1. The van der Waals surface area contributed by atoms with Crippen molar-refractivity contribution in [1.82, 2.24) is 4.98 Å². The highest BCUT2D eigenvalue weighted by molar-refractivity contribution is 9.08. The number of alkyl halides is 1. The summed E-state index contributed by atoms with van der Waals surface area (Å²) in [6.45, 7) is 3.67. The van der Waals surface area contributed by atoms with E-state index in [9.17, 15) is 9.59 Å². The minimum atomic E-state index is -0.506. The molecule has 0 bridgehead atoms. The van der Waals surface area contributed by atoms with Crippen molar-refractivity contribution in [2.45, 2.75) is 19.2 Å². The molecule has 23 heavy (non-hydrogen) atoms. The highest BCUT2D eigenvalue weighted by Gasteiger charge is 2.19. The van der Waals surface area contributed by atoms with Gasteiger partial charge in [-0.3, -0.25) is 0 Å². The highest BCUT2D eigenvalue weighted by Crippen LogP contribution is 2.27. The number of methoxy groups -OCH3 is 1. The maximum Gasteiger partial charge on any atom is 0.356 e. The van der Waals surface area contributed by atoms with Crippen LogP contribution < -0.4 is 0 Å². The van der Waals surface area contributed by atoms with Crippen LogP contribution in [0.15, 0.2) is 22.6 Å². The molecule has 0 unspecified atom stereocenters. The van der Waals surface area contributed by atoms with Crippen LogP contribution in [-0.2, 0) is 14.8 Å². The van der Waals surface area contributed by atoms with Crippen LogP contribution in [0.2, 0.25) is 0 Å². The lowest BCUT2D eigenvalue weighted by molar-refractivity contribution is 0.0518. The maximum absolute atomic E-state index is 11.9. The number of pyridine rings is 1. The van der Waals surface area contributed by atoms with Gasteiger partial charge in [-0.1, -0.05) is 15.9 Å². The van der Waals surface area contributed by atoms with Gasteiger partial charge in [-0.15, -0.1) is 0 Å². The Hall–Kier alpha value is -2.15. The Balaban J connectivity index is 2.48. The summed E-state index contributed by atoms with van der Waals surface area (Å²) >= 11 is 3.32. The molecular formula is C16H16BrNO5. The van der Waals surface area contributed by atoms with Gasteiger partial charge in [-0.2, -0.15) is 0 Å². The number of esters is 2. The van der Waals surface area contributed by atoms with Crippen LogP contribution in [0.25, 0.3) is 11.3 Å². The number of aryl methyl sites for hydroxylation is 1. The monoisotopic (exact) mass is 381 g/mol. The molecule has 0 aliphatic carbocycles. The molecule has 7 heteroatoms. The van der Waals surface area contributed by atoms with Crippen molar-refractivity contribution in [2.75, 3.05) is 13.7 Å². The molecule has 0 radical (unpaired) electrons. The van der Waals surface area contributed by atoms with E-state index < -0.39 is 11.9 Å². The fraction of sp³-hybridized carbons (Fsp3) is 0.312. The third-order valence-corrected chi connectivity index (χ3v) is 3.68. The van der Waals surface area contributed by atoms with Crippen molar-refractivity contribution in [1.29, 1.82) is 0 Å². The van der Waals surface area contributed by atoms with Crippen molar-refractivity contribution in [2.24, 2.45) is 0 Å². The molecule has 2 heterocycles. The SMILES string of the molecule is CCOC(=O)c1cc(-c2cc(C(=O)OC)c(C)o2)cc(CBr)n1. The van der Waals surface area contributed by atoms with E-state index in [0.29, 0.717) is 33.7 Å². The second-order valence-electron chi connectivity index (χ2n) is 4.66. The lowest BCUT2D eigenvalue weighted by atomic mass is 10.1. The Bertz CT molecular complexity index is 738. The number of hydrogen-bond donors (Lipinski definition) is 0. The van der Waals surface area contributed by atoms with Gasteiger partial charge in [0.1, 0.15) is 22.8 Å². The first kappa shape index (κ1) is 17.2. The fourth-order valence-electron chi connectivity index (χ4n) is 2.05. The van der Waals surface area contributed by atoms with Crippen LogP contribution in [0.3, 0.4) is 0 Å². The predicted molar refractivity (Wildman–Crippen MR) is 86.6 cm³/mol. The Morgan fingerprint density at radius 2 is 2.00 bits per heavy atom. The predicted octanol–water partition coefficient (Wildman–Crippen LogP) is 3.51. The quantitative estimate of drug-likeness (QED) is 0.582. The number of hydrogen-bond acceptors (Lipinski definition) is 6. The fourth-order valence-corrected chi connectivity index (χ4v) is 2.33. The van der Waals surface area contributed by atoms with Gasteiger partial charge in [0.25, 0.3) is 0 Å². The third-order valence-electron chi connectivity index (χ3n) is 3.11. The van der Waals surface area contributed by atoms with Gasteiger partial charge in [-0.25, -0.2) is 14.6 Å². The van der Waals surface area contributed by atoms with Crippen LogP contribution >= 0.6 is 15.9 Å². The number of rotatable bonds is 5. The molecule has 0 aliphatic heterocycles. The van der Waals surface area contributed by atoms with Crippen molar-refractivity contribution in [3.63, 3.8) is 0 Å². The summed E-state index contributed by atoms with van der Waals surface area (Å²) in [6.07, 6.45) is 0. The standard InChI is InChI=1S/C16H16BrNO5/c1-4-22-16(20)13-6-10(5-11(8-17)18-13)14-7-12(9(2)23-14)15(19)21-3/h5-7H,4,8H2,1-3H3. The molecule has 0 amide bonds. The Morgan fingerprint density at radius 1 is 1.26 bits per heavy atom. The van der Waals surface area contributed by atoms with E-state index >= 15 is 0 Å². The average molecular weight is 382 g/mol. The molecule has 0 saturated heterocycles. The summed E-state index contributed by atoms with van der Waals surface area (Å²) in [5, 5.41) is 0.469. The maximum atomic E-state index is 11.9. The zero-order valence-corrected chi connectivity index (χ0v) is 14.6. The summed E-state index contributed by atoms with van der Waals surface area (Å²) in [6, 6.07) is 4.93. The highest BCUT2D eigenvalue weighted by atomic mass is 79.9.